The molecule has 21 heavy (non-hydrogen) atoms. The average molecular weight is 334 g/mol. The second-order valence-electron chi connectivity index (χ2n) is 4.80. The number of nitrogens with zero attached hydrogens (tertiary/aromatic N) is 1. The number of piperidine rings is 1. The van der Waals surface area contributed by atoms with Crippen molar-refractivity contribution in [3.63, 3.8) is 0 Å². The van der Waals surface area contributed by atoms with Crippen molar-refractivity contribution < 1.29 is 23.1 Å². The summed E-state index contributed by atoms with van der Waals surface area (Å²) >= 11 is 5.96. The molecular formula is C13H16ClNO5S. The number of benzene rings is 1. The Hall–Kier alpha value is -1.15. The lowest BCUT2D eigenvalue weighted by molar-refractivity contribution is 0.0600. The molecule has 1 aliphatic rings. The van der Waals surface area contributed by atoms with E-state index in [1.807, 2.05) is 0 Å². The third kappa shape index (κ3) is 3.37. The summed E-state index contributed by atoms with van der Waals surface area (Å²) in [4.78, 5) is 11.4. The van der Waals surface area contributed by atoms with Gasteiger partial charge in [-0.05, 0) is 31.0 Å². The van der Waals surface area contributed by atoms with Crippen LogP contribution in [0.4, 0.5) is 0 Å². The molecule has 0 radical (unpaired) electrons. The molecule has 6 nitrogen and oxygen atoms in total. The highest BCUT2D eigenvalue weighted by Gasteiger charge is 2.31. The largest absolute Gasteiger partial charge is 0.465 e. The fraction of sp³-hybridized carbons (Fsp3) is 0.462. The van der Waals surface area contributed by atoms with E-state index in [-0.39, 0.29) is 22.0 Å². The predicted octanol–water partition coefficient (Wildman–Crippen LogP) is 1.27. The second-order valence-corrected chi connectivity index (χ2v) is 7.11. The van der Waals surface area contributed by atoms with Gasteiger partial charge in [-0.25, -0.2) is 13.2 Å². The van der Waals surface area contributed by atoms with Crippen LogP contribution in [0.3, 0.4) is 0 Å². The van der Waals surface area contributed by atoms with Crippen LogP contribution in [0.15, 0.2) is 23.1 Å². The third-order valence-electron chi connectivity index (χ3n) is 3.33. The summed E-state index contributed by atoms with van der Waals surface area (Å²) in [6.07, 6.45) is 0.465. The van der Waals surface area contributed by atoms with Crippen LogP contribution < -0.4 is 0 Å². The molecule has 0 aromatic heterocycles. The van der Waals surface area contributed by atoms with Crippen molar-refractivity contribution in [2.75, 3.05) is 20.2 Å². The molecule has 116 valence electrons. The van der Waals surface area contributed by atoms with Gasteiger partial charge in [-0.15, -0.1) is 0 Å². The molecule has 8 heteroatoms. The number of hydrogen-bond donors (Lipinski definition) is 1. The minimum atomic E-state index is -3.86. The van der Waals surface area contributed by atoms with Crippen LogP contribution in [0.2, 0.25) is 5.02 Å². The first-order valence-corrected chi connectivity index (χ1v) is 8.24. The van der Waals surface area contributed by atoms with Gasteiger partial charge in [-0.3, -0.25) is 0 Å². The second kappa shape index (κ2) is 6.31. The lowest BCUT2D eigenvalue weighted by Crippen LogP contribution is -2.42. The molecule has 1 unspecified atom stereocenters. The van der Waals surface area contributed by atoms with E-state index in [0.29, 0.717) is 19.4 Å². The fourth-order valence-corrected chi connectivity index (χ4v) is 4.24. The Morgan fingerprint density at radius 1 is 1.48 bits per heavy atom. The zero-order valence-electron chi connectivity index (χ0n) is 11.5. The van der Waals surface area contributed by atoms with E-state index in [4.69, 9.17) is 11.6 Å². The molecule has 1 N–H and O–H groups in total. The highest BCUT2D eigenvalue weighted by molar-refractivity contribution is 7.89. The Kier molecular flexibility index (Phi) is 4.88. The normalized spacial score (nSPS) is 20.2. The first kappa shape index (κ1) is 16.2. The molecule has 1 saturated heterocycles. The van der Waals surface area contributed by atoms with Crippen LogP contribution in [0, 0.1) is 0 Å². The van der Waals surface area contributed by atoms with Gasteiger partial charge in [0.05, 0.1) is 23.8 Å². The molecule has 0 spiro atoms. The van der Waals surface area contributed by atoms with Crippen molar-refractivity contribution in [2.24, 2.45) is 0 Å². The number of aliphatic hydroxyl groups is 1. The Labute approximate surface area is 128 Å². The number of methoxy groups -OCH3 is 1. The number of sulfonamides is 1. The molecule has 2 rings (SSSR count). The zero-order valence-corrected chi connectivity index (χ0v) is 13.0. The summed E-state index contributed by atoms with van der Waals surface area (Å²) in [5.41, 5.74) is 0.109. The predicted molar refractivity (Wildman–Crippen MR) is 76.8 cm³/mol. The molecule has 0 saturated carbocycles. The van der Waals surface area contributed by atoms with E-state index in [9.17, 15) is 18.3 Å². The van der Waals surface area contributed by atoms with Gasteiger partial charge in [0.25, 0.3) is 0 Å². The highest BCUT2D eigenvalue weighted by atomic mass is 35.5. The summed E-state index contributed by atoms with van der Waals surface area (Å²) < 4.78 is 30.9. The molecule has 0 aliphatic carbocycles. The van der Waals surface area contributed by atoms with Crippen molar-refractivity contribution in [3.05, 3.63) is 28.8 Å². The van der Waals surface area contributed by atoms with Crippen LogP contribution >= 0.6 is 11.6 Å². The van der Waals surface area contributed by atoms with Gasteiger partial charge in [-0.2, -0.15) is 4.31 Å². The standard InChI is InChI=1S/C13H16ClNO5S/c1-20-13(17)9-4-5-11(14)12(7-9)21(18,19)15-6-2-3-10(16)8-15/h4-5,7,10,16H,2-3,6,8H2,1H3. The van der Waals surface area contributed by atoms with Gasteiger partial charge >= 0.3 is 5.97 Å². The smallest absolute Gasteiger partial charge is 0.337 e. The summed E-state index contributed by atoms with van der Waals surface area (Å²) in [6.45, 7) is 0.347. The lowest BCUT2D eigenvalue weighted by Gasteiger charge is -2.29. The Morgan fingerprint density at radius 2 is 2.19 bits per heavy atom. The number of aliphatic hydroxyl groups excluding tert-OH is 1. The van der Waals surface area contributed by atoms with Crippen LogP contribution in [0.5, 0.6) is 0 Å². The molecule has 1 fully saturated rings. The van der Waals surface area contributed by atoms with Gasteiger partial charge in [0, 0.05) is 13.1 Å². The molecular weight excluding hydrogens is 318 g/mol. The highest BCUT2D eigenvalue weighted by Crippen LogP contribution is 2.28. The average Bonchev–Trinajstić information content (AvgIpc) is 2.46. The minimum Gasteiger partial charge on any atom is -0.465 e. The molecule has 0 amide bonds. The summed E-state index contributed by atoms with van der Waals surface area (Å²) in [6, 6.07) is 3.95. The van der Waals surface area contributed by atoms with Crippen molar-refractivity contribution in [2.45, 2.75) is 23.8 Å². The Bertz CT molecular complexity index is 646. The van der Waals surface area contributed by atoms with Gasteiger partial charge in [0.2, 0.25) is 10.0 Å². The Morgan fingerprint density at radius 3 is 2.81 bits per heavy atom. The molecule has 1 aromatic rings. The number of hydrogen-bond acceptors (Lipinski definition) is 5. The molecule has 1 heterocycles. The Balaban J connectivity index is 2.41. The lowest BCUT2D eigenvalue weighted by atomic mass is 10.1. The zero-order chi connectivity index (χ0) is 15.6. The van der Waals surface area contributed by atoms with Crippen LogP contribution in [0.1, 0.15) is 23.2 Å². The number of carbonyl (C=O) groups is 1. The number of carbonyl (C=O) groups excluding carboxylic acids is 1. The topological polar surface area (TPSA) is 83.9 Å². The number of ether oxygens (including phenoxy) is 1. The number of esters is 1. The van der Waals surface area contributed by atoms with Crippen LogP contribution in [-0.2, 0) is 14.8 Å². The fourth-order valence-electron chi connectivity index (χ4n) is 2.22. The summed E-state index contributed by atoms with van der Waals surface area (Å²) in [5, 5.41) is 9.66. The van der Waals surface area contributed by atoms with E-state index in [1.165, 1.54) is 29.6 Å². The number of β-amino-alcohol motifs (C(OH)–C–C–N with tert-alkyl or cyclic N) is 1. The van der Waals surface area contributed by atoms with Gasteiger partial charge in [0.1, 0.15) is 4.90 Å². The van der Waals surface area contributed by atoms with E-state index >= 15 is 0 Å². The van der Waals surface area contributed by atoms with E-state index in [2.05, 4.69) is 4.74 Å². The van der Waals surface area contributed by atoms with Crippen LogP contribution in [0.25, 0.3) is 0 Å². The quantitative estimate of drug-likeness (QED) is 0.842. The van der Waals surface area contributed by atoms with E-state index in [0.717, 1.165) is 0 Å². The van der Waals surface area contributed by atoms with Gasteiger partial charge in [-0.1, -0.05) is 11.6 Å². The molecule has 1 aromatic carbocycles. The minimum absolute atomic E-state index is 0.0289. The SMILES string of the molecule is COC(=O)c1ccc(Cl)c(S(=O)(=O)N2CCCC(O)C2)c1. The first-order valence-electron chi connectivity index (χ1n) is 6.42. The molecule has 1 aliphatic heterocycles. The first-order chi connectivity index (χ1) is 9.86. The summed E-state index contributed by atoms with van der Waals surface area (Å²) in [5.74, 6) is -0.637. The van der Waals surface area contributed by atoms with Crippen molar-refractivity contribution >= 4 is 27.6 Å². The monoisotopic (exact) mass is 333 g/mol. The van der Waals surface area contributed by atoms with Crippen molar-refractivity contribution in [3.8, 4) is 0 Å². The molecule has 1 atom stereocenters. The van der Waals surface area contributed by atoms with Gasteiger partial charge < -0.3 is 9.84 Å². The molecule has 0 bridgehead atoms. The summed E-state index contributed by atoms with van der Waals surface area (Å²) in [7, 11) is -2.64. The van der Waals surface area contributed by atoms with Gasteiger partial charge in [0.15, 0.2) is 0 Å². The van der Waals surface area contributed by atoms with Crippen molar-refractivity contribution in [1.82, 2.24) is 4.31 Å². The van der Waals surface area contributed by atoms with E-state index < -0.39 is 22.1 Å². The number of rotatable bonds is 3. The maximum absolute atomic E-state index is 12.6. The maximum Gasteiger partial charge on any atom is 0.337 e. The van der Waals surface area contributed by atoms with Crippen LogP contribution in [-0.4, -0.2) is 50.1 Å². The van der Waals surface area contributed by atoms with Crippen molar-refractivity contribution in [1.29, 1.82) is 0 Å². The number of halogens is 1. The third-order valence-corrected chi connectivity index (χ3v) is 5.68. The maximum atomic E-state index is 12.6. The van der Waals surface area contributed by atoms with E-state index in [1.54, 1.807) is 0 Å².